The van der Waals surface area contributed by atoms with Crippen molar-refractivity contribution < 1.29 is 23.9 Å². The molecule has 0 spiro atoms. The first-order valence-corrected chi connectivity index (χ1v) is 10.4. The first kappa shape index (κ1) is 24.1. The monoisotopic (exact) mass is 427 g/mol. The third-order valence-electron chi connectivity index (χ3n) is 5.46. The minimum absolute atomic E-state index is 0.0154. The fourth-order valence-corrected chi connectivity index (χ4v) is 3.75. The van der Waals surface area contributed by atoms with E-state index >= 15 is 0 Å². The normalized spacial score (nSPS) is 19.3. The zero-order chi connectivity index (χ0) is 23.0. The lowest BCUT2D eigenvalue weighted by atomic mass is 9.84. The Hall–Kier alpha value is -3.21. The maximum atomic E-state index is 12.9. The number of piperidine rings is 1. The number of ketones is 1. The van der Waals surface area contributed by atoms with Gasteiger partial charge >= 0.3 is 5.97 Å². The smallest absolute Gasteiger partial charge is 0.311 e. The zero-order valence-corrected chi connectivity index (χ0v) is 18.2. The number of likely N-dealkylation sites (tertiary alicyclic amines) is 1. The molecule has 31 heavy (non-hydrogen) atoms. The number of amides is 1. The van der Waals surface area contributed by atoms with E-state index in [0.717, 1.165) is 18.4 Å². The first-order valence-electron chi connectivity index (χ1n) is 10.4. The number of rotatable bonds is 10. The van der Waals surface area contributed by atoms with Crippen molar-refractivity contribution in [1.29, 1.82) is 10.7 Å². The van der Waals surface area contributed by atoms with Crippen LogP contribution >= 0.6 is 0 Å². The molecular formula is C23H29N3O5. The summed E-state index contributed by atoms with van der Waals surface area (Å²) in [6.45, 7) is 3.36. The largest absolute Gasteiger partial charge is 0.497 e. The highest BCUT2D eigenvalue weighted by Crippen LogP contribution is 2.38. The van der Waals surface area contributed by atoms with E-state index in [1.54, 1.807) is 30.2 Å². The Morgan fingerprint density at radius 1 is 1.32 bits per heavy atom. The van der Waals surface area contributed by atoms with E-state index in [0.29, 0.717) is 18.7 Å². The van der Waals surface area contributed by atoms with Gasteiger partial charge in [-0.15, -0.1) is 0 Å². The number of nitrogens with one attached hydrogen (secondary N) is 1. The average molecular weight is 428 g/mol. The zero-order valence-electron chi connectivity index (χ0n) is 18.2. The van der Waals surface area contributed by atoms with Crippen molar-refractivity contribution in [2.75, 3.05) is 20.3 Å². The number of carbonyl (C=O) groups excluding carboxylic acids is 3. The van der Waals surface area contributed by atoms with Crippen LogP contribution in [0.5, 0.6) is 5.75 Å². The van der Waals surface area contributed by atoms with Crippen molar-refractivity contribution in [3.63, 3.8) is 0 Å². The van der Waals surface area contributed by atoms with E-state index in [-0.39, 0.29) is 18.0 Å². The predicted octanol–water partition coefficient (Wildman–Crippen LogP) is 3.07. The summed E-state index contributed by atoms with van der Waals surface area (Å²) in [4.78, 5) is 39.5. The summed E-state index contributed by atoms with van der Waals surface area (Å²) >= 11 is 0. The Labute approximate surface area is 182 Å². The molecule has 0 aliphatic carbocycles. The number of hydrogen-bond acceptors (Lipinski definition) is 7. The van der Waals surface area contributed by atoms with Crippen LogP contribution in [0.3, 0.4) is 0 Å². The molecule has 0 radical (unpaired) electrons. The van der Waals surface area contributed by atoms with Crippen LogP contribution in [-0.4, -0.2) is 48.5 Å². The number of methoxy groups -OCH3 is 1. The van der Waals surface area contributed by atoms with Crippen LogP contribution in [0.1, 0.15) is 51.1 Å². The van der Waals surface area contributed by atoms with Crippen LogP contribution in [0.2, 0.25) is 0 Å². The number of benzene rings is 1. The molecule has 0 unspecified atom stereocenters. The molecule has 1 amide bonds. The highest BCUT2D eigenvalue weighted by Gasteiger charge is 2.41. The molecule has 3 atom stereocenters. The van der Waals surface area contributed by atoms with Gasteiger partial charge < -0.3 is 19.8 Å². The van der Waals surface area contributed by atoms with Crippen molar-refractivity contribution in [1.82, 2.24) is 4.90 Å². The summed E-state index contributed by atoms with van der Waals surface area (Å²) in [5.41, 5.74) is 0.706. The molecule has 0 aromatic heterocycles. The molecule has 1 fully saturated rings. The molecular weight excluding hydrogens is 398 g/mol. The highest BCUT2D eigenvalue weighted by molar-refractivity contribution is 6.06. The maximum Gasteiger partial charge on any atom is 0.311 e. The highest BCUT2D eigenvalue weighted by atomic mass is 16.5. The molecule has 166 valence electrons. The van der Waals surface area contributed by atoms with E-state index in [9.17, 15) is 14.4 Å². The topological polar surface area (TPSA) is 121 Å². The summed E-state index contributed by atoms with van der Waals surface area (Å²) < 4.78 is 10.5. The summed E-state index contributed by atoms with van der Waals surface area (Å²) in [5, 5.41) is 16.6. The van der Waals surface area contributed by atoms with E-state index in [4.69, 9.17) is 20.1 Å². The number of hydrogen-bond donors (Lipinski definition) is 1. The van der Waals surface area contributed by atoms with Crippen molar-refractivity contribution in [3.8, 4) is 11.8 Å². The van der Waals surface area contributed by atoms with E-state index in [2.05, 4.69) is 0 Å². The van der Waals surface area contributed by atoms with Gasteiger partial charge in [0, 0.05) is 18.7 Å². The summed E-state index contributed by atoms with van der Waals surface area (Å²) in [6, 6.07) is 8.47. The number of nitriles is 1. The van der Waals surface area contributed by atoms with Crippen molar-refractivity contribution in [3.05, 3.63) is 29.8 Å². The SMILES string of the molecule is CCCCN1C(=O)CC[C@H](C(=O)OCC(=O)[C@H](C#N)C(C)=N)[C@H]1c1ccc(OC)cc1. The van der Waals surface area contributed by atoms with Crippen molar-refractivity contribution >= 4 is 23.4 Å². The Kier molecular flexibility index (Phi) is 8.74. The van der Waals surface area contributed by atoms with Gasteiger partial charge in [-0.2, -0.15) is 5.26 Å². The van der Waals surface area contributed by atoms with E-state index in [1.165, 1.54) is 6.92 Å². The predicted molar refractivity (Wildman–Crippen MR) is 114 cm³/mol. The molecule has 2 rings (SSSR count). The first-order chi connectivity index (χ1) is 14.8. The second kappa shape index (κ2) is 11.3. The lowest BCUT2D eigenvalue weighted by Gasteiger charge is -2.40. The van der Waals surface area contributed by atoms with Crippen molar-refractivity contribution in [2.45, 2.75) is 45.6 Å². The van der Waals surface area contributed by atoms with Gasteiger partial charge in [-0.05, 0) is 37.5 Å². The lowest BCUT2D eigenvalue weighted by molar-refractivity contribution is -0.159. The molecule has 8 nitrogen and oxygen atoms in total. The standard InChI is InChI=1S/C23H29N3O5/c1-4-5-12-26-21(28)11-10-18(22(26)16-6-8-17(30-3)9-7-16)23(29)31-14-20(27)19(13-24)15(2)25/h6-9,18-19,22,25H,4-5,10-12,14H2,1-3H3/t18-,19+,22+/m0/s1. The Morgan fingerprint density at radius 3 is 2.55 bits per heavy atom. The second-order valence-electron chi connectivity index (χ2n) is 7.62. The van der Waals surface area contributed by atoms with Gasteiger partial charge in [-0.1, -0.05) is 25.5 Å². The summed E-state index contributed by atoms with van der Waals surface area (Å²) in [6.07, 6.45) is 2.25. The average Bonchev–Trinajstić information content (AvgIpc) is 2.76. The van der Waals surface area contributed by atoms with Crippen LogP contribution in [0.4, 0.5) is 0 Å². The molecule has 0 saturated carbocycles. The van der Waals surface area contributed by atoms with Crippen molar-refractivity contribution in [2.24, 2.45) is 11.8 Å². The van der Waals surface area contributed by atoms with Crippen LogP contribution < -0.4 is 4.74 Å². The molecule has 1 saturated heterocycles. The fraction of sp³-hybridized carbons (Fsp3) is 0.522. The Morgan fingerprint density at radius 2 is 2.00 bits per heavy atom. The molecule has 1 N–H and O–H groups in total. The van der Waals surface area contributed by atoms with Crippen LogP contribution in [0.15, 0.2) is 24.3 Å². The fourth-order valence-electron chi connectivity index (χ4n) is 3.75. The molecule has 1 heterocycles. The quantitative estimate of drug-likeness (QED) is 0.452. The van der Waals surface area contributed by atoms with Crippen LogP contribution in [0.25, 0.3) is 0 Å². The summed E-state index contributed by atoms with van der Waals surface area (Å²) in [5.74, 6) is -2.41. The molecule has 1 aromatic carbocycles. The Bertz CT molecular complexity index is 859. The van der Waals surface area contributed by atoms with Gasteiger partial charge in [0.2, 0.25) is 5.91 Å². The van der Waals surface area contributed by atoms with Crippen LogP contribution in [0, 0.1) is 28.6 Å². The molecule has 1 aliphatic heterocycles. The minimum atomic E-state index is -1.22. The third kappa shape index (κ3) is 5.91. The van der Waals surface area contributed by atoms with E-state index in [1.807, 2.05) is 19.1 Å². The molecule has 1 aliphatic rings. The van der Waals surface area contributed by atoms with Crippen LogP contribution in [-0.2, 0) is 19.1 Å². The number of esters is 1. The van der Waals surface area contributed by atoms with Gasteiger partial charge in [-0.25, -0.2) is 0 Å². The number of nitrogens with zero attached hydrogens (tertiary/aromatic N) is 2. The lowest BCUT2D eigenvalue weighted by Crippen LogP contribution is -2.46. The van der Waals surface area contributed by atoms with Gasteiger partial charge in [0.05, 0.1) is 25.1 Å². The third-order valence-corrected chi connectivity index (χ3v) is 5.46. The molecule has 8 heteroatoms. The molecule has 1 aromatic rings. The van der Waals surface area contributed by atoms with Gasteiger partial charge in [-0.3, -0.25) is 14.4 Å². The minimum Gasteiger partial charge on any atom is -0.497 e. The summed E-state index contributed by atoms with van der Waals surface area (Å²) in [7, 11) is 1.56. The van der Waals surface area contributed by atoms with E-state index < -0.39 is 36.2 Å². The number of unbranched alkanes of at least 4 members (excludes halogenated alkanes) is 1. The number of ether oxygens (including phenoxy) is 2. The molecule has 0 bridgehead atoms. The number of Topliss-reactive ketones (excluding diaryl/α,β-unsaturated/α-hetero) is 1. The Balaban J connectivity index is 2.25. The second-order valence-corrected chi connectivity index (χ2v) is 7.62. The van der Waals surface area contributed by atoms with Gasteiger partial charge in [0.15, 0.2) is 12.4 Å². The van der Waals surface area contributed by atoms with Gasteiger partial charge in [0.25, 0.3) is 0 Å². The number of carbonyl (C=O) groups is 3. The van der Waals surface area contributed by atoms with Gasteiger partial charge in [0.1, 0.15) is 11.7 Å². The maximum absolute atomic E-state index is 12.9.